The Bertz CT molecular complexity index is 471. The molecule has 5 heteroatoms. The fourth-order valence-corrected chi connectivity index (χ4v) is 1.68. The largest absolute Gasteiger partial charge is 0.434 e. The number of benzene rings is 1. The van der Waals surface area contributed by atoms with Crippen LogP contribution >= 0.6 is 0 Å². The van der Waals surface area contributed by atoms with Crippen LogP contribution in [0.3, 0.4) is 0 Å². The molecule has 2 aromatic rings. The van der Waals surface area contributed by atoms with Gasteiger partial charge in [0.1, 0.15) is 0 Å². The van der Waals surface area contributed by atoms with Crippen molar-refractivity contribution < 1.29 is 17.7 Å². The number of aryl methyl sites for hydroxylation is 1. The highest BCUT2D eigenvalue weighted by atomic mass is 19.4. The predicted molar refractivity (Wildman–Crippen MR) is 48.2 cm³/mol. The third-order valence-corrected chi connectivity index (χ3v) is 2.34. The fourth-order valence-electron chi connectivity index (χ4n) is 1.68. The van der Waals surface area contributed by atoms with E-state index in [1.165, 1.54) is 25.1 Å². The maximum Gasteiger partial charge on any atom is 0.434 e. The highest BCUT2D eigenvalue weighted by Crippen LogP contribution is 2.37. The Morgan fingerprint density at radius 1 is 1.13 bits per heavy atom. The van der Waals surface area contributed by atoms with Crippen LogP contribution < -0.4 is 0 Å². The first-order valence-electron chi connectivity index (χ1n) is 4.26. The molecule has 1 aromatic carbocycles. The van der Waals surface area contributed by atoms with Gasteiger partial charge in [-0.3, -0.25) is 0 Å². The topological polar surface area (TPSA) is 4.93 Å². The molecule has 15 heavy (non-hydrogen) atoms. The molecule has 0 saturated carbocycles. The summed E-state index contributed by atoms with van der Waals surface area (Å²) in [5.41, 5.74) is -1.37. The molecule has 80 valence electrons. The van der Waals surface area contributed by atoms with E-state index in [0.717, 1.165) is 0 Å². The summed E-state index contributed by atoms with van der Waals surface area (Å²) in [6.45, 7) is 1.27. The number of rotatable bonds is 0. The van der Waals surface area contributed by atoms with Gasteiger partial charge in [-0.05, 0) is 18.6 Å². The van der Waals surface area contributed by atoms with Crippen molar-refractivity contribution >= 4 is 10.9 Å². The van der Waals surface area contributed by atoms with Gasteiger partial charge in [0.25, 0.3) is 0 Å². The minimum absolute atomic E-state index is 0.0534. The number of hydrogen-bond acceptors (Lipinski definition) is 0. The van der Waals surface area contributed by atoms with Crippen molar-refractivity contribution in [2.75, 3.05) is 0 Å². The maximum absolute atomic E-state index is 13.4. The fraction of sp³-hybridized carbons (Fsp3) is 0.200. The number of para-hydroxylation sites is 1. The molecule has 1 nitrogen and oxygen atoms in total. The van der Waals surface area contributed by atoms with E-state index in [1.54, 1.807) is 6.07 Å². The molecule has 0 amide bonds. The molecular weight excluding hydrogens is 210 g/mol. The molecular formula is C10H7F4N. The van der Waals surface area contributed by atoms with Crippen molar-refractivity contribution in [3.8, 4) is 0 Å². The summed E-state index contributed by atoms with van der Waals surface area (Å²) in [6, 6.07) is 5.86. The van der Waals surface area contributed by atoms with Crippen LogP contribution in [0.4, 0.5) is 17.7 Å². The number of nitrogens with zero attached hydrogens (tertiary/aromatic N) is 1. The SMILES string of the molecule is Cc1c(C(F)(F)F)n(F)c2ccccc12. The molecule has 2 rings (SSSR count). The first-order valence-corrected chi connectivity index (χ1v) is 4.26. The lowest BCUT2D eigenvalue weighted by molar-refractivity contribution is -0.147. The minimum atomic E-state index is -4.67. The van der Waals surface area contributed by atoms with E-state index in [2.05, 4.69) is 0 Å². The van der Waals surface area contributed by atoms with Gasteiger partial charge in [0, 0.05) is 5.39 Å². The zero-order chi connectivity index (χ0) is 11.2. The zero-order valence-electron chi connectivity index (χ0n) is 7.77. The normalized spacial score (nSPS) is 12.3. The molecule has 0 spiro atoms. The number of aromatic nitrogens is 1. The summed E-state index contributed by atoms with van der Waals surface area (Å²) in [7, 11) is 0. The lowest BCUT2D eigenvalue weighted by Crippen LogP contribution is -2.10. The lowest BCUT2D eigenvalue weighted by Gasteiger charge is -2.06. The Morgan fingerprint density at radius 2 is 1.73 bits per heavy atom. The van der Waals surface area contributed by atoms with Gasteiger partial charge >= 0.3 is 6.18 Å². The van der Waals surface area contributed by atoms with Gasteiger partial charge in [0.2, 0.25) is 0 Å². The standard InChI is InChI=1S/C10H7F4N/c1-6-7-4-2-3-5-8(7)15(14)9(6)10(11,12)13/h2-5H,1H3. The van der Waals surface area contributed by atoms with Crippen LogP contribution in [0.1, 0.15) is 11.3 Å². The van der Waals surface area contributed by atoms with E-state index in [4.69, 9.17) is 0 Å². The van der Waals surface area contributed by atoms with E-state index in [0.29, 0.717) is 0 Å². The van der Waals surface area contributed by atoms with E-state index in [-0.39, 0.29) is 21.3 Å². The number of fused-ring (bicyclic) bond motifs is 1. The monoisotopic (exact) mass is 217 g/mol. The molecule has 0 atom stereocenters. The zero-order valence-corrected chi connectivity index (χ0v) is 7.77. The molecule has 0 aliphatic carbocycles. The summed E-state index contributed by atoms with van der Waals surface area (Å²) in [6.07, 6.45) is -4.67. The Kier molecular flexibility index (Phi) is 1.99. The molecule has 0 aliphatic rings. The minimum Gasteiger partial charge on any atom is -0.174 e. The Morgan fingerprint density at radius 3 is 2.27 bits per heavy atom. The maximum atomic E-state index is 13.4. The van der Waals surface area contributed by atoms with Crippen LogP contribution in [0.5, 0.6) is 0 Å². The van der Waals surface area contributed by atoms with Crippen molar-refractivity contribution in [2.24, 2.45) is 0 Å². The lowest BCUT2D eigenvalue weighted by atomic mass is 10.1. The average molecular weight is 217 g/mol. The first-order chi connectivity index (χ1) is 6.93. The second kappa shape index (κ2) is 2.98. The molecule has 0 unspecified atom stereocenters. The van der Waals surface area contributed by atoms with Gasteiger partial charge in [0.05, 0.1) is 5.52 Å². The summed E-state index contributed by atoms with van der Waals surface area (Å²) in [4.78, 5) is -0.301. The number of halogens is 4. The van der Waals surface area contributed by atoms with Crippen LogP contribution in [0.15, 0.2) is 24.3 Å². The van der Waals surface area contributed by atoms with Crippen LogP contribution in [0.2, 0.25) is 0 Å². The third-order valence-electron chi connectivity index (χ3n) is 2.34. The molecule has 0 N–H and O–H groups in total. The summed E-state index contributed by atoms with van der Waals surface area (Å²) in [5, 5.41) is 0.285. The summed E-state index contributed by atoms with van der Waals surface area (Å²) in [5.74, 6) is 0. The van der Waals surface area contributed by atoms with Gasteiger partial charge in [-0.25, -0.2) is 0 Å². The predicted octanol–water partition coefficient (Wildman–Crippen LogP) is 3.70. The second-order valence-electron chi connectivity index (χ2n) is 3.27. The molecule has 0 aliphatic heterocycles. The highest BCUT2D eigenvalue weighted by molar-refractivity contribution is 5.85. The quantitative estimate of drug-likeness (QED) is 0.593. The van der Waals surface area contributed by atoms with Crippen LogP contribution in [0.25, 0.3) is 10.9 Å². The molecule has 1 heterocycles. The van der Waals surface area contributed by atoms with E-state index < -0.39 is 11.9 Å². The van der Waals surface area contributed by atoms with Crippen molar-refractivity contribution in [3.63, 3.8) is 0 Å². The van der Waals surface area contributed by atoms with Gasteiger partial charge in [0.15, 0.2) is 5.69 Å². The second-order valence-corrected chi connectivity index (χ2v) is 3.27. The van der Waals surface area contributed by atoms with Gasteiger partial charge < -0.3 is 0 Å². The van der Waals surface area contributed by atoms with E-state index in [1.807, 2.05) is 0 Å². The molecule has 0 saturated heterocycles. The van der Waals surface area contributed by atoms with Gasteiger partial charge in [-0.2, -0.15) is 18.0 Å². The Labute approximate surface area is 82.9 Å². The molecule has 1 aromatic heterocycles. The Hall–Kier alpha value is -1.52. The van der Waals surface area contributed by atoms with E-state index >= 15 is 0 Å². The molecule has 0 radical (unpaired) electrons. The smallest absolute Gasteiger partial charge is 0.174 e. The van der Waals surface area contributed by atoms with Crippen molar-refractivity contribution in [1.82, 2.24) is 4.79 Å². The first kappa shape index (κ1) is 10.0. The van der Waals surface area contributed by atoms with E-state index in [9.17, 15) is 17.7 Å². The van der Waals surface area contributed by atoms with Crippen LogP contribution in [0, 0.1) is 6.92 Å². The van der Waals surface area contributed by atoms with Gasteiger partial charge in [-0.1, -0.05) is 22.7 Å². The highest BCUT2D eigenvalue weighted by Gasteiger charge is 2.38. The van der Waals surface area contributed by atoms with Crippen molar-refractivity contribution in [2.45, 2.75) is 13.1 Å². The van der Waals surface area contributed by atoms with Crippen molar-refractivity contribution in [1.29, 1.82) is 0 Å². The molecule has 0 fully saturated rings. The summed E-state index contributed by atoms with van der Waals surface area (Å²) >= 11 is 0. The van der Waals surface area contributed by atoms with Gasteiger partial charge in [-0.15, -0.1) is 0 Å². The Balaban J connectivity index is 2.87. The number of hydrogen-bond donors (Lipinski definition) is 0. The third kappa shape index (κ3) is 1.38. The van der Waals surface area contributed by atoms with Crippen LogP contribution in [-0.2, 0) is 6.18 Å². The number of alkyl halides is 3. The van der Waals surface area contributed by atoms with Crippen LogP contribution in [-0.4, -0.2) is 4.79 Å². The molecule has 0 bridgehead atoms. The average Bonchev–Trinajstić information content (AvgIpc) is 2.39. The van der Waals surface area contributed by atoms with Crippen molar-refractivity contribution in [3.05, 3.63) is 35.5 Å². The summed E-state index contributed by atoms with van der Waals surface area (Å²) < 4.78 is 50.8.